The second-order valence-corrected chi connectivity index (χ2v) is 5.94. The van der Waals surface area contributed by atoms with Crippen LogP contribution in [0.1, 0.15) is 25.0 Å². The summed E-state index contributed by atoms with van der Waals surface area (Å²) in [7, 11) is 1.24. The van der Waals surface area contributed by atoms with E-state index in [0.717, 1.165) is 0 Å². The Kier molecular flexibility index (Phi) is 6.26. The molecule has 2 aromatic rings. The molecule has 0 radical (unpaired) electrons. The van der Waals surface area contributed by atoms with Crippen LogP contribution in [0.4, 0.5) is 0 Å². The van der Waals surface area contributed by atoms with E-state index < -0.39 is 23.7 Å². The predicted octanol–water partition coefficient (Wildman–Crippen LogP) is 2.80. The lowest BCUT2D eigenvalue weighted by atomic mass is 10.0. The molecule has 26 heavy (non-hydrogen) atoms. The van der Waals surface area contributed by atoms with Gasteiger partial charge in [0.15, 0.2) is 6.10 Å². The highest BCUT2D eigenvalue weighted by molar-refractivity contribution is 6.32. The number of rotatable bonds is 6. The van der Waals surface area contributed by atoms with Gasteiger partial charge in [-0.1, -0.05) is 11.6 Å². The Morgan fingerprint density at radius 3 is 2.62 bits per heavy atom. The van der Waals surface area contributed by atoms with Crippen LogP contribution >= 0.6 is 11.6 Å². The molecule has 0 amide bonds. The van der Waals surface area contributed by atoms with Gasteiger partial charge in [-0.3, -0.25) is 4.79 Å². The normalized spacial score (nSPS) is 11.9. The predicted molar refractivity (Wildman–Crippen MR) is 94.7 cm³/mol. The Balaban J connectivity index is 2.45. The third kappa shape index (κ3) is 4.16. The van der Waals surface area contributed by atoms with E-state index in [2.05, 4.69) is 4.74 Å². The zero-order chi connectivity index (χ0) is 19.4. The average Bonchev–Trinajstić information content (AvgIpc) is 2.60. The molecule has 0 aliphatic carbocycles. The minimum absolute atomic E-state index is 0.183. The number of carbonyl (C=O) groups is 2. The first-order chi connectivity index (χ1) is 12.3. The van der Waals surface area contributed by atoms with Gasteiger partial charge in [-0.2, -0.15) is 0 Å². The van der Waals surface area contributed by atoms with Gasteiger partial charge in [-0.05, 0) is 32.4 Å². The third-order valence-electron chi connectivity index (χ3n) is 3.81. The van der Waals surface area contributed by atoms with Crippen molar-refractivity contribution in [1.29, 1.82) is 0 Å². The van der Waals surface area contributed by atoms with Gasteiger partial charge in [0.1, 0.15) is 11.3 Å². The van der Waals surface area contributed by atoms with Gasteiger partial charge in [0.05, 0.1) is 30.7 Å². The van der Waals surface area contributed by atoms with E-state index in [4.69, 9.17) is 25.5 Å². The van der Waals surface area contributed by atoms with Crippen LogP contribution < -0.4 is 10.4 Å². The number of benzene rings is 1. The van der Waals surface area contributed by atoms with Crippen molar-refractivity contribution >= 4 is 34.5 Å². The number of methoxy groups -OCH3 is 1. The van der Waals surface area contributed by atoms with Crippen LogP contribution in [0.15, 0.2) is 21.3 Å². The molecule has 0 saturated heterocycles. The zero-order valence-corrected chi connectivity index (χ0v) is 15.6. The fraction of sp³-hybridized carbons (Fsp3) is 0.389. The quantitative estimate of drug-likeness (QED) is 0.560. The lowest BCUT2D eigenvalue weighted by molar-refractivity contribution is -0.150. The lowest BCUT2D eigenvalue weighted by Gasteiger charge is -2.15. The molecule has 1 atom stereocenters. The average molecular weight is 383 g/mol. The molecule has 0 unspecified atom stereocenters. The summed E-state index contributed by atoms with van der Waals surface area (Å²) in [6.07, 6.45) is -1.08. The number of fused-ring (bicyclic) bond motifs is 1. The van der Waals surface area contributed by atoms with Crippen LogP contribution in [0.3, 0.4) is 0 Å². The van der Waals surface area contributed by atoms with Crippen molar-refractivity contribution in [3.8, 4) is 5.75 Å². The van der Waals surface area contributed by atoms with Gasteiger partial charge in [0, 0.05) is 11.5 Å². The molecule has 0 aliphatic rings. The molecular weight excluding hydrogens is 364 g/mol. The molecule has 1 aromatic carbocycles. The highest BCUT2D eigenvalue weighted by atomic mass is 35.5. The molecule has 8 heteroatoms. The smallest absolute Gasteiger partial charge is 0.347 e. The van der Waals surface area contributed by atoms with Crippen LogP contribution in [0.2, 0.25) is 5.02 Å². The first-order valence-electron chi connectivity index (χ1n) is 7.94. The van der Waals surface area contributed by atoms with Crippen LogP contribution in [-0.2, 0) is 25.5 Å². The molecule has 2 rings (SSSR count). The topological polar surface area (TPSA) is 92.0 Å². The van der Waals surface area contributed by atoms with Crippen molar-refractivity contribution in [2.75, 3.05) is 13.7 Å². The molecule has 0 fully saturated rings. The maximum absolute atomic E-state index is 12.2. The van der Waals surface area contributed by atoms with Gasteiger partial charge in [0.2, 0.25) is 0 Å². The molecular formula is C18H19ClO7. The number of ether oxygens (including phenoxy) is 3. The SMILES string of the molecule is CCOC(=O)[C@H](C)Oc1cc2oc(=O)c(CC(=O)OC)c(C)c2cc1Cl. The first kappa shape index (κ1) is 19.8. The zero-order valence-electron chi connectivity index (χ0n) is 14.9. The number of carbonyl (C=O) groups excluding carboxylic acids is 2. The molecule has 0 spiro atoms. The van der Waals surface area contributed by atoms with Crippen LogP contribution in [0.25, 0.3) is 11.0 Å². The molecule has 0 saturated carbocycles. The standard InChI is InChI=1S/C18H19ClO7/c1-5-24-17(21)10(3)25-15-8-14-11(6-13(15)19)9(2)12(18(22)26-14)7-16(20)23-4/h6,8,10H,5,7H2,1-4H3/t10-/m0/s1. The highest BCUT2D eigenvalue weighted by Gasteiger charge is 2.20. The number of hydrogen-bond donors (Lipinski definition) is 0. The summed E-state index contributed by atoms with van der Waals surface area (Å²) in [4.78, 5) is 35.4. The Morgan fingerprint density at radius 1 is 1.31 bits per heavy atom. The van der Waals surface area contributed by atoms with Crippen LogP contribution in [-0.4, -0.2) is 31.8 Å². The number of aryl methyl sites for hydroxylation is 1. The lowest BCUT2D eigenvalue weighted by Crippen LogP contribution is -2.26. The summed E-state index contributed by atoms with van der Waals surface area (Å²) in [5.74, 6) is -0.897. The van der Waals surface area contributed by atoms with Gasteiger partial charge in [0.25, 0.3) is 0 Å². The van der Waals surface area contributed by atoms with Crippen molar-refractivity contribution in [3.05, 3.63) is 38.7 Å². The molecule has 0 N–H and O–H groups in total. The number of halogens is 1. The third-order valence-corrected chi connectivity index (χ3v) is 4.11. The maximum atomic E-state index is 12.2. The maximum Gasteiger partial charge on any atom is 0.347 e. The summed E-state index contributed by atoms with van der Waals surface area (Å²) in [6, 6.07) is 2.99. The number of esters is 2. The Hall–Kier alpha value is -2.54. The monoisotopic (exact) mass is 382 g/mol. The van der Waals surface area contributed by atoms with Gasteiger partial charge < -0.3 is 18.6 Å². The van der Waals surface area contributed by atoms with E-state index >= 15 is 0 Å². The minimum atomic E-state index is -0.878. The van der Waals surface area contributed by atoms with Crippen LogP contribution in [0, 0.1) is 6.92 Å². The van der Waals surface area contributed by atoms with Gasteiger partial charge in [-0.25, -0.2) is 9.59 Å². The summed E-state index contributed by atoms with van der Waals surface area (Å²) < 4.78 is 20.3. The van der Waals surface area contributed by atoms with Crippen molar-refractivity contribution in [3.63, 3.8) is 0 Å². The Bertz CT molecular complexity index is 901. The fourth-order valence-electron chi connectivity index (χ4n) is 2.40. The van der Waals surface area contributed by atoms with E-state index in [0.29, 0.717) is 10.9 Å². The van der Waals surface area contributed by atoms with Crippen molar-refractivity contribution in [2.45, 2.75) is 33.3 Å². The van der Waals surface area contributed by atoms with Crippen molar-refractivity contribution in [1.82, 2.24) is 0 Å². The largest absolute Gasteiger partial charge is 0.477 e. The molecule has 0 aliphatic heterocycles. The summed E-state index contributed by atoms with van der Waals surface area (Å²) in [5, 5.41) is 0.791. The van der Waals surface area contributed by atoms with Crippen molar-refractivity contribution in [2.24, 2.45) is 0 Å². The molecule has 7 nitrogen and oxygen atoms in total. The van der Waals surface area contributed by atoms with E-state index in [-0.39, 0.29) is 34.9 Å². The summed E-state index contributed by atoms with van der Waals surface area (Å²) in [6.45, 7) is 5.14. The van der Waals surface area contributed by atoms with Gasteiger partial charge in [-0.15, -0.1) is 0 Å². The first-order valence-corrected chi connectivity index (χ1v) is 8.32. The summed E-state index contributed by atoms with van der Waals surface area (Å²) >= 11 is 6.24. The molecule has 0 bridgehead atoms. The van der Waals surface area contributed by atoms with Crippen molar-refractivity contribution < 1.29 is 28.2 Å². The second-order valence-electron chi connectivity index (χ2n) is 5.54. The number of hydrogen-bond acceptors (Lipinski definition) is 7. The van der Waals surface area contributed by atoms with E-state index in [1.165, 1.54) is 20.1 Å². The highest BCUT2D eigenvalue weighted by Crippen LogP contribution is 2.32. The fourth-order valence-corrected chi connectivity index (χ4v) is 2.61. The second kappa shape index (κ2) is 8.23. The molecule has 140 valence electrons. The molecule has 1 aromatic heterocycles. The van der Waals surface area contributed by atoms with E-state index in [9.17, 15) is 14.4 Å². The molecule has 1 heterocycles. The van der Waals surface area contributed by atoms with E-state index in [1.807, 2.05) is 0 Å². The Morgan fingerprint density at radius 2 is 2.00 bits per heavy atom. The van der Waals surface area contributed by atoms with E-state index in [1.54, 1.807) is 19.9 Å². The minimum Gasteiger partial charge on any atom is -0.477 e. The van der Waals surface area contributed by atoms with Gasteiger partial charge >= 0.3 is 17.6 Å². The Labute approximate surface area is 154 Å². The van der Waals surface area contributed by atoms with Crippen LogP contribution in [0.5, 0.6) is 5.75 Å². The summed E-state index contributed by atoms with van der Waals surface area (Å²) in [5.41, 5.74) is 0.353.